The van der Waals surface area contributed by atoms with Crippen LogP contribution < -0.4 is 5.32 Å². The van der Waals surface area contributed by atoms with Gasteiger partial charge in [0.25, 0.3) is 0 Å². The van der Waals surface area contributed by atoms with Crippen molar-refractivity contribution in [1.82, 2.24) is 0 Å². The molecule has 21 heavy (non-hydrogen) atoms. The van der Waals surface area contributed by atoms with Crippen molar-refractivity contribution in [2.45, 2.75) is 19.6 Å². The number of halogens is 5. The van der Waals surface area contributed by atoms with E-state index in [2.05, 4.69) is 5.32 Å². The Balaban J connectivity index is 2.15. The highest BCUT2D eigenvalue weighted by atomic mass is 19.4. The van der Waals surface area contributed by atoms with Gasteiger partial charge in [-0.2, -0.15) is 13.2 Å². The molecule has 0 bridgehead atoms. The normalized spacial score (nSPS) is 11.5. The molecule has 0 aliphatic rings. The molecule has 1 nitrogen and oxygen atoms in total. The summed E-state index contributed by atoms with van der Waals surface area (Å²) in [5, 5.41) is 2.59. The van der Waals surface area contributed by atoms with Crippen molar-refractivity contribution < 1.29 is 22.0 Å². The van der Waals surface area contributed by atoms with Gasteiger partial charge >= 0.3 is 6.18 Å². The van der Waals surface area contributed by atoms with E-state index in [0.29, 0.717) is 5.56 Å². The predicted octanol–water partition coefficient (Wildman–Crippen LogP) is 4.90. The maximum absolute atomic E-state index is 13.6. The van der Waals surface area contributed by atoms with Gasteiger partial charge in [-0.15, -0.1) is 0 Å². The van der Waals surface area contributed by atoms with Crippen LogP contribution in [-0.2, 0) is 12.7 Å². The van der Waals surface area contributed by atoms with Crippen LogP contribution in [0.1, 0.15) is 16.7 Å². The topological polar surface area (TPSA) is 12.0 Å². The quantitative estimate of drug-likeness (QED) is 0.795. The number of hydrogen-bond acceptors (Lipinski definition) is 1. The molecule has 112 valence electrons. The molecule has 0 saturated carbocycles. The van der Waals surface area contributed by atoms with Crippen LogP contribution in [0, 0.1) is 18.6 Å². The van der Waals surface area contributed by atoms with Crippen molar-refractivity contribution in [3.05, 3.63) is 64.7 Å². The van der Waals surface area contributed by atoms with E-state index in [-0.39, 0.29) is 17.8 Å². The van der Waals surface area contributed by atoms with E-state index in [9.17, 15) is 22.0 Å². The van der Waals surface area contributed by atoms with Crippen LogP contribution in [0.2, 0.25) is 0 Å². The third kappa shape index (κ3) is 3.71. The molecule has 0 amide bonds. The Hall–Kier alpha value is -2.11. The standard InChI is InChI=1S/C15H12F5N/c1-9-5-13(17)14(7-12(9)16)21-8-10-3-2-4-11(6-10)15(18,19)20/h2-7,21H,8H2,1H3. The second kappa shape index (κ2) is 5.71. The molecule has 2 aromatic carbocycles. The van der Waals surface area contributed by atoms with Gasteiger partial charge in [0.05, 0.1) is 11.3 Å². The van der Waals surface area contributed by atoms with Gasteiger partial charge in [-0.25, -0.2) is 8.78 Å². The number of benzene rings is 2. The first kappa shape index (κ1) is 15.3. The van der Waals surface area contributed by atoms with E-state index in [4.69, 9.17) is 0 Å². The molecule has 0 radical (unpaired) electrons. The summed E-state index contributed by atoms with van der Waals surface area (Å²) in [6.07, 6.45) is -4.43. The van der Waals surface area contributed by atoms with Crippen molar-refractivity contribution in [3.8, 4) is 0 Å². The predicted molar refractivity (Wildman–Crippen MR) is 69.9 cm³/mol. The van der Waals surface area contributed by atoms with Crippen molar-refractivity contribution >= 4 is 5.69 Å². The minimum atomic E-state index is -4.43. The summed E-state index contributed by atoms with van der Waals surface area (Å²) in [6, 6.07) is 6.68. The first-order chi connectivity index (χ1) is 9.77. The second-order valence-electron chi connectivity index (χ2n) is 4.63. The first-order valence-electron chi connectivity index (χ1n) is 6.13. The lowest BCUT2D eigenvalue weighted by molar-refractivity contribution is -0.137. The van der Waals surface area contributed by atoms with Gasteiger partial charge in [-0.1, -0.05) is 12.1 Å². The zero-order valence-corrected chi connectivity index (χ0v) is 11.1. The van der Waals surface area contributed by atoms with E-state index >= 15 is 0 Å². The second-order valence-corrected chi connectivity index (χ2v) is 4.63. The minimum Gasteiger partial charge on any atom is -0.379 e. The Kier molecular flexibility index (Phi) is 4.16. The third-order valence-corrected chi connectivity index (χ3v) is 2.99. The van der Waals surface area contributed by atoms with Crippen molar-refractivity contribution in [2.24, 2.45) is 0 Å². The monoisotopic (exact) mass is 301 g/mol. The van der Waals surface area contributed by atoms with E-state index in [1.54, 1.807) is 0 Å². The Morgan fingerprint density at radius 3 is 2.38 bits per heavy atom. The molecule has 0 aromatic heterocycles. The molecule has 0 aliphatic heterocycles. The first-order valence-corrected chi connectivity index (χ1v) is 6.13. The number of alkyl halides is 3. The molecule has 2 aromatic rings. The average Bonchev–Trinajstić information content (AvgIpc) is 2.41. The summed E-state index contributed by atoms with van der Waals surface area (Å²) >= 11 is 0. The Bertz CT molecular complexity index is 649. The van der Waals surface area contributed by atoms with E-state index < -0.39 is 23.4 Å². The number of rotatable bonds is 3. The van der Waals surface area contributed by atoms with Gasteiger partial charge in [0.1, 0.15) is 11.6 Å². The Labute approximate surface area is 118 Å². The number of nitrogens with one attached hydrogen (secondary N) is 1. The highest BCUT2D eigenvalue weighted by molar-refractivity contribution is 5.47. The molecular formula is C15H12F5N. The summed E-state index contributed by atoms with van der Waals surface area (Å²) in [5.74, 6) is -1.23. The zero-order valence-electron chi connectivity index (χ0n) is 11.1. The van der Waals surface area contributed by atoms with Gasteiger partial charge in [0.2, 0.25) is 0 Å². The molecule has 2 rings (SSSR count). The van der Waals surface area contributed by atoms with Crippen LogP contribution in [0.4, 0.5) is 27.6 Å². The summed E-state index contributed by atoms with van der Waals surface area (Å²) in [6.45, 7) is 1.39. The largest absolute Gasteiger partial charge is 0.416 e. The summed E-state index contributed by atoms with van der Waals surface area (Å²) < 4.78 is 64.6. The lowest BCUT2D eigenvalue weighted by Crippen LogP contribution is -2.07. The Morgan fingerprint density at radius 1 is 1.00 bits per heavy atom. The third-order valence-electron chi connectivity index (χ3n) is 2.99. The molecule has 0 atom stereocenters. The highest BCUT2D eigenvalue weighted by Gasteiger charge is 2.30. The van der Waals surface area contributed by atoms with Crippen LogP contribution >= 0.6 is 0 Å². The maximum Gasteiger partial charge on any atom is 0.416 e. The van der Waals surface area contributed by atoms with E-state index in [1.165, 1.54) is 19.1 Å². The van der Waals surface area contributed by atoms with Crippen LogP contribution in [0.15, 0.2) is 36.4 Å². The molecule has 0 fully saturated rings. The van der Waals surface area contributed by atoms with Crippen LogP contribution in [0.3, 0.4) is 0 Å². The fourth-order valence-corrected chi connectivity index (χ4v) is 1.84. The summed E-state index contributed by atoms with van der Waals surface area (Å²) in [4.78, 5) is 0. The molecule has 0 aliphatic carbocycles. The van der Waals surface area contributed by atoms with E-state index in [1.807, 2.05) is 0 Å². The zero-order chi connectivity index (χ0) is 15.6. The van der Waals surface area contributed by atoms with Gasteiger partial charge in [0, 0.05) is 12.6 Å². The summed E-state index contributed by atoms with van der Waals surface area (Å²) in [7, 11) is 0. The molecule has 0 spiro atoms. The number of anilines is 1. The fourth-order valence-electron chi connectivity index (χ4n) is 1.84. The highest BCUT2D eigenvalue weighted by Crippen LogP contribution is 2.29. The lowest BCUT2D eigenvalue weighted by Gasteiger charge is -2.11. The molecule has 0 heterocycles. The molecule has 1 N–H and O–H groups in total. The Morgan fingerprint density at radius 2 is 1.71 bits per heavy atom. The lowest BCUT2D eigenvalue weighted by atomic mass is 10.1. The SMILES string of the molecule is Cc1cc(F)c(NCc2cccc(C(F)(F)F)c2)cc1F. The van der Waals surface area contributed by atoms with Gasteiger partial charge in [-0.3, -0.25) is 0 Å². The van der Waals surface area contributed by atoms with Crippen molar-refractivity contribution in [2.75, 3.05) is 5.32 Å². The van der Waals surface area contributed by atoms with E-state index in [0.717, 1.165) is 24.3 Å². The number of hydrogen-bond donors (Lipinski definition) is 1. The minimum absolute atomic E-state index is 0.0384. The summed E-state index contributed by atoms with van der Waals surface area (Å²) in [5.41, 5.74) is -0.379. The van der Waals surface area contributed by atoms with Crippen LogP contribution in [0.5, 0.6) is 0 Å². The van der Waals surface area contributed by atoms with Crippen molar-refractivity contribution in [3.63, 3.8) is 0 Å². The van der Waals surface area contributed by atoms with Gasteiger partial charge in [-0.05, 0) is 36.2 Å². The molecule has 0 saturated heterocycles. The number of aryl methyl sites for hydroxylation is 1. The van der Waals surface area contributed by atoms with Crippen molar-refractivity contribution in [1.29, 1.82) is 0 Å². The maximum atomic E-state index is 13.6. The molecule has 6 heteroatoms. The van der Waals surface area contributed by atoms with Crippen LogP contribution in [0.25, 0.3) is 0 Å². The smallest absolute Gasteiger partial charge is 0.379 e. The molecular weight excluding hydrogens is 289 g/mol. The van der Waals surface area contributed by atoms with Crippen LogP contribution in [-0.4, -0.2) is 0 Å². The fraction of sp³-hybridized carbons (Fsp3) is 0.200. The van der Waals surface area contributed by atoms with Gasteiger partial charge in [0.15, 0.2) is 0 Å². The average molecular weight is 301 g/mol. The van der Waals surface area contributed by atoms with Gasteiger partial charge < -0.3 is 5.32 Å². The molecule has 0 unspecified atom stereocenters.